The molecular weight excluding hydrogens is 331 g/mol. The van der Waals surface area contributed by atoms with Gasteiger partial charge in [-0.05, 0) is 12.1 Å². The molecule has 1 aromatic heterocycles. The van der Waals surface area contributed by atoms with E-state index < -0.39 is 0 Å². The number of nitrogens with one attached hydrogen (secondary N) is 2. The zero-order chi connectivity index (χ0) is 11.6. The van der Waals surface area contributed by atoms with Crippen LogP contribution in [0.3, 0.4) is 0 Å². The first-order valence-electron chi connectivity index (χ1n) is 5.20. The van der Waals surface area contributed by atoms with Crippen LogP contribution < -0.4 is 10.6 Å². The summed E-state index contributed by atoms with van der Waals surface area (Å²) >= 11 is 0. The fraction of sp³-hybridized carbons (Fsp3) is 0.455. The van der Waals surface area contributed by atoms with Crippen molar-refractivity contribution < 1.29 is 4.74 Å². The van der Waals surface area contributed by atoms with Crippen LogP contribution in [-0.2, 0) is 11.3 Å². The lowest BCUT2D eigenvalue weighted by Gasteiger charge is -2.10. The highest BCUT2D eigenvalue weighted by Crippen LogP contribution is 1.91. The highest BCUT2D eigenvalue weighted by atomic mass is 127. The van der Waals surface area contributed by atoms with Gasteiger partial charge in [0.2, 0.25) is 0 Å². The van der Waals surface area contributed by atoms with E-state index in [4.69, 9.17) is 4.74 Å². The summed E-state index contributed by atoms with van der Waals surface area (Å²) in [6, 6.07) is 5.83. The number of nitrogens with zero attached hydrogens (tertiary/aromatic N) is 2. The van der Waals surface area contributed by atoms with E-state index in [1.807, 2.05) is 18.2 Å². The largest absolute Gasteiger partial charge is 0.383 e. The van der Waals surface area contributed by atoms with E-state index in [1.54, 1.807) is 20.4 Å². The Morgan fingerprint density at radius 1 is 1.41 bits per heavy atom. The first-order valence-corrected chi connectivity index (χ1v) is 5.20. The Morgan fingerprint density at radius 3 is 2.82 bits per heavy atom. The van der Waals surface area contributed by atoms with Crippen molar-refractivity contribution in [3.8, 4) is 0 Å². The topological polar surface area (TPSA) is 58.5 Å². The fourth-order valence-corrected chi connectivity index (χ4v) is 1.17. The lowest BCUT2D eigenvalue weighted by atomic mass is 10.3. The van der Waals surface area contributed by atoms with Crippen molar-refractivity contribution in [3.05, 3.63) is 30.1 Å². The molecule has 1 aromatic rings. The summed E-state index contributed by atoms with van der Waals surface area (Å²) in [7, 11) is 3.41. The van der Waals surface area contributed by atoms with Crippen LogP contribution in [0.4, 0.5) is 0 Å². The Hall–Kier alpha value is -0.890. The van der Waals surface area contributed by atoms with E-state index in [0.29, 0.717) is 13.2 Å². The molecule has 0 fully saturated rings. The van der Waals surface area contributed by atoms with Gasteiger partial charge in [0.25, 0.3) is 0 Å². The summed E-state index contributed by atoms with van der Waals surface area (Å²) in [5.74, 6) is 0.753. The number of pyridine rings is 1. The van der Waals surface area contributed by atoms with E-state index in [2.05, 4.69) is 20.6 Å². The molecule has 0 atom stereocenters. The van der Waals surface area contributed by atoms with Crippen molar-refractivity contribution in [1.29, 1.82) is 0 Å². The standard InChI is InChI=1S/C11H18N4O.HI/c1-12-11(14-7-8-16-2)15-9-10-5-3-4-6-13-10;/h3-6H,7-9H2,1-2H3,(H2,12,14,15);1H. The van der Waals surface area contributed by atoms with Gasteiger partial charge in [-0.25, -0.2) is 0 Å². The molecule has 96 valence electrons. The lowest BCUT2D eigenvalue weighted by molar-refractivity contribution is 0.203. The third-order valence-corrected chi connectivity index (χ3v) is 1.99. The number of aromatic nitrogens is 1. The van der Waals surface area contributed by atoms with Gasteiger partial charge >= 0.3 is 0 Å². The smallest absolute Gasteiger partial charge is 0.191 e. The molecule has 0 spiro atoms. The van der Waals surface area contributed by atoms with E-state index in [9.17, 15) is 0 Å². The summed E-state index contributed by atoms with van der Waals surface area (Å²) in [4.78, 5) is 8.30. The van der Waals surface area contributed by atoms with Crippen LogP contribution in [0, 0.1) is 0 Å². The van der Waals surface area contributed by atoms with Crippen LogP contribution in [-0.4, -0.2) is 38.3 Å². The minimum atomic E-state index is 0. The monoisotopic (exact) mass is 350 g/mol. The van der Waals surface area contributed by atoms with Gasteiger partial charge in [0, 0.05) is 26.9 Å². The molecule has 0 aromatic carbocycles. The summed E-state index contributed by atoms with van der Waals surface area (Å²) in [5.41, 5.74) is 0.984. The molecule has 5 nitrogen and oxygen atoms in total. The van der Waals surface area contributed by atoms with Crippen LogP contribution in [0.15, 0.2) is 29.4 Å². The first kappa shape index (κ1) is 16.1. The molecule has 0 amide bonds. The highest BCUT2D eigenvalue weighted by Gasteiger charge is 1.97. The number of hydrogen-bond donors (Lipinski definition) is 2. The molecule has 1 heterocycles. The van der Waals surface area contributed by atoms with Crippen molar-refractivity contribution in [2.24, 2.45) is 4.99 Å². The second kappa shape index (κ2) is 10.3. The normalized spacial score (nSPS) is 10.6. The third-order valence-electron chi connectivity index (χ3n) is 1.99. The Bertz CT molecular complexity index is 319. The first-order chi connectivity index (χ1) is 7.86. The summed E-state index contributed by atoms with van der Waals surface area (Å²) in [6.45, 7) is 2.05. The number of methoxy groups -OCH3 is 1. The van der Waals surface area contributed by atoms with Crippen LogP contribution in [0.2, 0.25) is 0 Å². The third kappa shape index (κ3) is 7.11. The summed E-state index contributed by atoms with van der Waals surface area (Å²) < 4.78 is 4.94. The average Bonchev–Trinajstić information content (AvgIpc) is 2.35. The molecule has 0 radical (unpaired) electrons. The predicted molar refractivity (Wildman–Crippen MR) is 79.7 cm³/mol. The zero-order valence-corrected chi connectivity index (χ0v) is 12.5. The predicted octanol–water partition coefficient (Wildman–Crippen LogP) is 1.01. The van der Waals surface area contributed by atoms with Crippen molar-refractivity contribution in [2.45, 2.75) is 6.54 Å². The SMILES string of the molecule is CN=C(NCCOC)NCc1ccccn1.I. The molecule has 0 saturated carbocycles. The van der Waals surface area contributed by atoms with E-state index in [1.165, 1.54) is 0 Å². The van der Waals surface area contributed by atoms with Crippen LogP contribution >= 0.6 is 24.0 Å². The van der Waals surface area contributed by atoms with Crippen LogP contribution in [0.25, 0.3) is 0 Å². The number of hydrogen-bond acceptors (Lipinski definition) is 3. The van der Waals surface area contributed by atoms with E-state index >= 15 is 0 Å². The Morgan fingerprint density at radius 2 is 2.24 bits per heavy atom. The van der Waals surface area contributed by atoms with Crippen LogP contribution in [0.1, 0.15) is 5.69 Å². The second-order valence-electron chi connectivity index (χ2n) is 3.17. The Labute approximate surface area is 119 Å². The quantitative estimate of drug-likeness (QED) is 0.360. The molecule has 17 heavy (non-hydrogen) atoms. The number of halogens is 1. The molecule has 1 rings (SSSR count). The molecule has 2 N–H and O–H groups in total. The zero-order valence-electron chi connectivity index (χ0n) is 10.1. The maximum absolute atomic E-state index is 4.94. The molecule has 0 unspecified atom stereocenters. The minimum Gasteiger partial charge on any atom is -0.383 e. The molecule has 0 saturated heterocycles. The molecular formula is C11H19IN4O. The van der Waals surface area contributed by atoms with Gasteiger partial charge in [0.1, 0.15) is 0 Å². The van der Waals surface area contributed by atoms with Crippen molar-refractivity contribution in [1.82, 2.24) is 15.6 Å². The van der Waals surface area contributed by atoms with Gasteiger partial charge in [-0.3, -0.25) is 9.98 Å². The van der Waals surface area contributed by atoms with E-state index in [-0.39, 0.29) is 24.0 Å². The number of guanidine groups is 1. The van der Waals surface area contributed by atoms with Crippen LogP contribution in [0.5, 0.6) is 0 Å². The summed E-state index contributed by atoms with van der Waals surface area (Å²) in [6.07, 6.45) is 1.78. The fourth-order valence-electron chi connectivity index (χ4n) is 1.17. The van der Waals surface area contributed by atoms with Gasteiger partial charge < -0.3 is 15.4 Å². The van der Waals surface area contributed by atoms with Crippen molar-refractivity contribution in [3.63, 3.8) is 0 Å². The summed E-state index contributed by atoms with van der Waals surface area (Å²) in [5, 5.41) is 6.29. The van der Waals surface area contributed by atoms with Crippen molar-refractivity contribution in [2.75, 3.05) is 27.3 Å². The van der Waals surface area contributed by atoms with Gasteiger partial charge in [0.05, 0.1) is 18.8 Å². The molecule has 0 bridgehead atoms. The van der Waals surface area contributed by atoms with E-state index in [0.717, 1.165) is 18.2 Å². The Balaban J connectivity index is 0.00000256. The maximum Gasteiger partial charge on any atom is 0.191 e. The molecule has 6 heteroatoms. The number of aliphatic imine (C=N–C) groups is 1. The molecule has 0 aliphatic rings. The van der Waals surface area contributed by atoms with Gasteiger partial charge in [-0.2, -0.15) is 0 Å². The molecule has 0 aliphatic carbocycles. The average molecular weight is 350 g/mol. The van der Waals surface area contributed by atoms with Gasteiger partial charge in [-0.15, -0.1) is 24.0 Å². The Kier molecular flexibility index (Phi) is 9.74. The number of rotatable bonds is 5. The highest BCUT2D eigenvalue weighted by molar-refractivity contribution is 14.0. The van der Waals surface area contributed by atoms with Gasteiger partial charge in [0.15, 0.2) is 5.96 Å². The van der Waals surface area contributed by atoms with Gasteiger partial charge in [-0.1, -0.05) is 6.07 Å². The molecule has 0 aliphatic heterocycles. The minimum absolute atomic E-state index is 0. The lowest BCUT2D eigenvalue weighted by Crippen LogP contribution is -2.38. The number of ether oxygens (including phenoxy) is 1. The maximum atomic E-state index is 4.94. The van der Waals surface area contributed by atoms with Crippen molar-refractivity contribution >= 4 is 29.9 Å². The second-order valence-corrected chi connectivity index (χ2v) is 3.17.